The Hall–Kier alpha value is -4.19. The lowest BCUT2D eigenvalue weighted by Gasteiger charge is -2.12. The van der Waals surface area contributed by atoms with Crippen molar-refractivity contribution in [2.45, 2.75) is 114 Å². The Bertz CT molecular complexity index is 2050. The van der Waals surface area contributed by atoms with Crippen LogP contribution in [0.1, 0.15) is 133 Å². The number of hydrogen-bond donors (Lipinski definition) is 3. The van der Waals surface area contributed by atoms with Crippen LogP contribution in [-0.2, 0) is 35.3 Å². The van der Waals surface area contributed by atoms with E-state index in [4.69, 9.17) is 4.74 Å². The molecule has 3 N–H and O–H groups in total. The van der Waals surface area contributed by atoms with E-state index in [-0.39, 0.29) is 5.97 Å². The van der Waals surface area contributed by atoms with Crippen LogP contribution in [0.5, 0.6) is 0 Å². The average Bonchev–Trinajstić information content (AvgIpc) is 3.87. The summed E-state index contributed by atoms with van der Waals surface area (Å²) in [6.07, 6.45) is 9.86. The quantitative estimate of drug-likeness (QED) is 0.130. The Morgan fingerprint density at radius 1 is 0.617 bits per heavy atom. The van der Waals surface area contributed by atoms with Gasteiger partial charge in [-0.25, -0.2) is 4.79 Å². The number of H-pyrrole nitrogens is 3. The first-order valence-corrected chi connectivity index (χ1v) is 18.0. The molecule has 0 radical (unpaired) electrons. The molecule has 0 aliphatic carbocycles. The summed E-state index contributed by atoms with van der Waals surface area (Å²) in [5, 5.41) is 4.93. The zero-order valence-corrected chi connectivity index (χ0v) is 30.1. The van der Waals surface area contributed by atoms with Gasteiger partial charge in [0.2, 0.25) is 0 Å². The van der Waals surface area contributed by atoms with Crippen LogP contribution in [0.2, 0.25) is 0 Å². The molecule has 0 spiro atoms. The van der Waals surface area contributed by atoms with Crippen molar-refractivity contribution in [1.29, 1.82) is 0 Å². The lowest BCUT2D eigenvalue weighted by molar-refractivity contribution is -0.137. The summed E-state index contributed by atoms with van der Waals surface area (Å²) < 4.78 is 7.92. The number of ether oxygens (including phenoxy) is 1. The minimum atomic E-state index is -0.318. The van der Waals surface area contributed by atoms with Gasteiger partial charge in [-0.15, -0.1) is 0 Å². The van der Waals surface area contributed by atoms with Crippen molar-refractivity contribution in [3.05, 3.63) is 96.8 Å². The van der Waals surface area contributed by atoms with E-state index in [0.717, 1.165) is 79.1 Å². The molecule has 5 heterocycles. The molecule has 8 bridgehead atoms. The fourth-order valence-electron chi connectivity index (χ4n) is 7.90. The molecule has 47 heavy (non-hydrogen) atoms. The predicted molar refractivity (Wildman–Crippen MR) is 196 cm³/mol. The van der Waals surface area contributed by atoms with Crippen molar-refractivity contribution in [2.24, 2.45) is 0 Å². The number of aromatic nitrogens is 4. The van der Waals surface area contributed by atoms with Crippen molar-refractivity contribution in [1.82, 2.24) is 19.5 Å². The molecule has 1 aliphatic heterocycles. The van der Waals surface area contributed by atoms with Crippen LogP contribution in [0.3, 0.4) is 0 Å². The molecule has 0 saturated heterocycles. The van der Waals surface area contributed by atoms with Crippen molar-refractivity contribution < 1.29 is 9.53 Å². The molecule has 4 aromatic heterocycles. The molecule has 0 aromatic carbocycles. The van der Waals surface area contributed by atoms with Crippen LogP contribution in [0.15, 0.2) is 30.3 Å². The molecular formula is C41H54N4O2. The number of esters is 1. The number of carbonyl (C=O) groups is 1. The summed E-state index contributed by atoms with van der Waals surface area (Å²) in [6.45, 7) is 21.2. The lowest BCUT2D eigenvalue weighted by atomic mass is 9.96. The maximum atomic E-state index is 12.6. The normalized spacial score (nSPS) is 13.4. The van der Waals surface area contributed by atoms with Gasteiger partial charge in [-0.1, -0.05) is 48.5 Å². The Morgan fingerprint density at radius 2 is 1.17 bits per heavy atom. The third kappa shape index (κ3) is 5.92. The van der Waals surface area contributed by atoms with Crippen molar-refractivity contribution in [3.63, 3.8) is 0 Å². The number of rotatable bonds is 11. The Morgan fingerprint density at radius 3 is 1.70 bits per heavy atom. The second kappa shape index (κ2) is 14.7. The van der Waals surface area contributed by atoms with Gasteiger partial charge in [0.25, 0.3) is 0 Å². The van der Waals surface area contributed by atoms with Crippen LogP contribution in [-0.4, -0.2) is 32.1 Å². The van der Waals surface area contributed by atoms with Gasteiger partial charge in [0.05, 0.1) is 12.3 Å². The van der Waals surface area contributed by atoms with E-state index in [2.05, 4.69) is 99.2 Å². The first-order valence-electron chi connectivity index (χ1n) is 18.0. The number of carbonyl (C=O) groups excluding carboxylic acids is 1. The highest BCUT2D eigenvalue weighted by Gasteiger charge is 2.24. The van der Waals surface area contributed by atoms with E-state index in [9.17, 15) is 4.79 Å². The summed E-state index contributed by atoms with van der Waals surface area (Å²) in [6, 6.07) is 8.96. The van der Waals surface area contributed by atoms with Gasteiger partial charge in [0, 0.05) is 56.7 Å². The molecule has 5 rings (SSSR count). The highest BCUT2D eigenvalue weighted by atomic mass is 16.5. The minimum absolute atomic E-state index is 0.318. The first kappa shape index (κ1) is 34.2. The highest BCUT2D eigenvalue weighted by molar-refractivity contribution is 5.90. The largest absolute Gasteiger partial charge is 0.463 e. The minimum Gasteiger partial charge on any atom is -0.463 e. The summed E-state index contributed by atoms with van der Waals surface area (Å²) in [5.41, 5.74) is 15.0. The molecule has 6 heteroatoms. The molecule has 250 valence electrons. The molecular weight excluding hydrogens is 580 g/mol. The Labute approximate surface area is 280 Å². The van der Waals surface area contributed by atoms with Crippen LogP contribution in [0, 0.1) is 0 Å². The van der Waals surface area contributed by atoms with E-state index in [1.165, 1.54) is 61.1 Å². The summed E-state index contributed by atoms with van der Waals surface area (Å²) in [7, 11) is 0. The zero-order valence-electron chi connectivity index (χ0n) is 30.1. The SMILES string of the molecule is CCOC(=O)C=Cc1c2[nH]c(c1CC)C(CC)=c1c(CC)c(CC)c(n1CC)=C(CC)c1ccc([nH]1)C(CC)=c1ccc([nH]1)=C2CC. The van der Waals surface area contributed by atoms with E-state index in [1.54, 1.807) is 6.08 Å². The summed E-state index contributed by atoms with van der Waals surface area (Å²) >= 11 is 0. The number of hydrogen-bond acceptors (Lipinski definition) is 2. The predicted octanol–water partition coefficient (Wildman–Crippen LogP) is 6.51. The van der Waals surface area contributed by atoms with Crippen LogP contribution in [0.4, 0.5) is 0 Å². The van der Waals surface area contributed by atoms with Crippen LogP contribution >= 0.6 is 0 Å². The third-order valence-electron chi connectivity index (χ3n) is 9.93. The second-order valence-corrected chi connectivity index (χ2v) is 12.2. The van der Waals surface area contributed by atoms with Gasteiger partial charge < -0.3 is 24.3 Å². The van der Waals surface area contributed by atoms with E-state index in [1.807, 2.05) is 13.0 Å². The fraction of sp³-hybridized carbons (Fsp3) is 0.439. The molecule has 6 nitrogen and oxygen atoms in total. The molecule has 1 aliphatic rings. The van der Waals surface area contributed by atoms with Gasteiger partial charge in [-0.3, -0.25) is 0 Å². The molecule has 4 aromatic rings. The Balaban J connectivity index is 2.11. The zero-order chi connectivity index (χ0) is 33.8. The van der Waals surface area contributed by atoms with Crippen LogP contribution < -0.4 is 21.4 Å². The van der Waals surface area contributed by atoms with Crippen molar-refractivity contribution in [2.75, 3.05) is 6.61 Å². The average molecular weight is 635 g/mol. The maximum Gasteiger partial charge on any atom is 0.330 e. The van der Waals surface area contributed by atoms with E-state index in [0.29, 0.717) is 6.61 Å². The number of fused-ring (bicyclic) bond motifs is 8. The van der Waals surface area contributed by atoms with Crippen molar-refractivity contribution in [3.8, 4) is 0 Å². The molecule has 0 fully saturated rings. The number of aromatic amines is 3. The van der Waals surface area contributed by atoms with Gasteiger partial charge in [-0.05, 0) is 128 Å². The van der Waals surface area contributed by atoms with E-state index < -0.39 is 0 Å². The maximum absolute atomic E-state index is 12.6. The van der Waals surface area contributed by atoms with Gasteiger partial charge in [-0.2, -0.15) is 0 Å². The second-order valence-electron chi connectivity index (χ2n) is 12.2. The number of nitrogens with one attached hydrogen (secondary N) is 3. The Kier molecular flexibility index (Phi) is 10.7. The molecule has 0 amide bonds. The first-order chi connectivity index (χ1) is 22.8. The monoisotopic (exact) mass is 634 g/mol. The summed E-state index contributed by atoms with van der Waals surface area (Å²) in [5.74, 6) is -0.318. The van der Waals surface area contributed by atoms with E-state index >= 15 is 0 Å². The summed E-state index contributed by atoms with van der Waals surface area (Å²) in [4.78, 5) is 24.3. The number of nitrogens with zero attached hydrogens (tertiary/aromatic N) is 1. The molecule has 0 saturated carbocycles. The molecule has 0 atom stereocenters. The van der Waals surface area contributed by atoms with Gasteiger partial charge >= 0.3 is 5.97 Å². The highest BCUT2D eigenvalue weighted by Crippen LogP contribution is 2.32. The van der Waals surface area contributed by atoms with Crippen LogP contribution in [0.25, 0.3) is 28.4 Å². The molecule has 0 unspecified atom stereocenters. The topological polar surface area (TPSA) is 78.6 Å². The standard InChI is InChI=1S/C41H54N4O2/c1-10-25-32(19-24-37(46)47-18-9)39-29(14-5)35-22-20-33(42-35)28(13-4)34-21-23-36(43-34)30(15-6)40-26(11-2)27(12-3)41(45(40)17-8)31(16-7)38(25)44-39/h19-24,42-44H,10-18H2,1-9H3. The van der Waals surface area contributed by atoms with Gasteiger partial charge in [0.1, 0.15) is 0 Å². The lowest BCUT2D eigenvalue weighted by Crippen LogP contribution is -2.31. The van der Waals surface area contributed by atoms with Crippen molar-refractivity contribution >= 4 is 34.3 Å². The fourth-order valence-corrected chi connectivity index (χ4v) is 7.90. The smallest absolute Gasteiger partial charge is 0.330 e. The van der Waals surface area contributed by atoms with Gasteiger partial charge in [0.15, 0.2) is 0 Å². The third-order valence-corrected chi connectivity index (χ3v) is 9.93.